The molecular weight excluding hydrogens is 394 g/mol. The second-order valence-corrected chi connectivity index (χ2v) is 7.65. The van der Waals surface area contributed by atoms with E-state index in [9.17, 15) is 9.59 Å². The first kappa shape index (κ1) is 20.4. The molecular formula is C21H22ClN3O2S. The summed E-state index contributed by atoms with van der Waals surface area (Å²) < 4.78 is 1.65. The van der Waals surface area contributed by atoms with Crippen LogP contribution in [0.1, 0.15) is 20.3 Å². The van der Waals surface area contributed by atoms with Gasteiger partial charge in [-0.1, -0.05) is 48.5 Å². The van der Waals surface area contributed by atoms with E-state index in [4.69, 9.17) is 11.6 Å². The normalized spacial score (nSPS) is 11.0. The highest BCUT2D eigenvalue weighted by Crippen LogP contribution is 2.22. The molecule has 0 N–H and O–H groups in total. The van der Waals surface area contributed by atoms with Crippen molar-refractivity contribution in [3.05, 3.63) is 63.9 Å². The Hall–Kier alpha value is -2.31. The Kier molecular flexibility index (Phi) is 6.75. The van der Waals surface area contributed by atoms with Gasteiger partial charge in [-0.25, -0.2) is 4.98 Å². The van der Waals surface area contributed by atoms with Crippen molar-refractivity contribution in [2.75, 3.05) is 17.2 Å². The largest absolute Gasteiger partial charge is 0.312 e. The van der Waals surface area contributed by atoms with Crippen LogP contribution in [0.3, 0.4) is 0 Å². The third-order valence-corrected chi connectivity index (χ3v) is 5.54. The molecule has 1 heterocycles. The lowest BCUT2D eigenvalue weighted by Gasteiger charge is -2.21. The van der Waals surface area contributed by atoms with Crippen LogP contribution in [0.25, 0.3) is 10.9 Å². The average Bonchev–Trinajstić information content (AvgIpc) is 2.70. The molecule has 146 valence electrons. The Balaban J connectivity index is 1.89. The van der Waals surface area contributed by atoms with E-state index < -0.39 is 0 Å². The van der Waals surface area contributed by atoms with Gasteiger partial charge in [0.2, 0.25) is 5.91 Å². The van der Waals surface area contributed by atoms with Crippen LogP contribution in [0.5, 0.6) is 0 Å². The number of para-hydroxylation sites is 1. The molecule has 28 heavy (non-hydrogen) atoms. The molecule has 7 heteroatoms. The van der Waals surface area contributed by atoms with Crippen molar-refractivity contribution in [1.29, 1.82) is 0 Å². The minimum absolute atomic E-state index is 0.0258. The van der Waals surface area contributed by atoms with E-state index in [0.717, 1.165) is 12.1 Å². The fourth-order valence-electron chi connectivity index (χ4n) is 3.02. The van der Waals surface area contributed by atoms with Gasteiger partial charge < -0.3 is 4.90 Å². The number of halogens is 1. The van der Waals surface area contributed by atoms with Crippen LogP contribution in [0.4, 0.5) is 5.69 Å². The third kappa shape index (κ3) is 4.39. The summed E-state index contributed by atoms with van der Waals surface area (Å²) in [6.07, 6.45) is 0.799. The molecule has 0 aliphatic carbocycles. The lowest BCUT2D eigenvalue weighted by Crippen LogP contribution is -2.32. The zero-order valence-corrected chi connectivity index (χ0v) is 17.5. The summed E-state index contributed by atoms with van der Waals surface area (Å²) in [6.45, 7) is 5.08. The van der Waals surface area contributed by atoms with Crippen LogP contribution < -0.4 is 10.5 Å². The first-order valence-electron chi connectivity index (χ1n) is 9.23. The Morgan fingerprint density at radius 1 is 1.18 bits per heavy atom. The molecule has 0 spiro atoms. The molecule has 0 fully saturated rings. The maximum atomic E-state index is 12.9. The maximum absolute atomic E-state index is 12.9. The molecule has 1 aromatic heterocycles. The van der Waals surface area contributed by atoms with Crippen molar-refractivity contribution >= 4 is 45.9 Å². The second kappa shape index (κ2) is 9.26. The quantitative estimate of drug-likeness (QED) is 0.418. The van der Waals surface area contributed by atoms with Crippen molar-refractivity contribution in [1.82, 2.24) is 9.55 Å². The summed E-state index contributed by atoms with van der Waals surface area (Å²) in [7, 11) is 0. The van der Waals surface area contributed by atoms with Gasteiger partial charge in [0.15, 0.2) is 5.16 Å². The van der Waals surface area contributed by atoms with Crippen LogP contribution in [0, 0.1) is 0 Å². The number of thioether (sulfide) groups is 1. The highest BCUT2D eigenvalue weighted by molar-refractivity contribution is 7.99. The van der Waals surface area contributed by atoms with Gasteiger partial charge in [-0.2, -0.15) is 0 Å². The van der Waals surface area contributed by atoms with Gasteiger partial charge in [-0.15, -0.1) is 0 Å². The number of nitrogens with zero attached hydrogens (tertiary/aromatic N) is 3. The number of rotatable bonds is 7. The average molecular weight is 416 g/mol. The second-order valence-electron chi connectivity index (χ2n) is 6.27. The number of benzene rings is 2. The maximum Gasteiger partial charge on any atom is 0.262 e. The number of fused-ring (bicyclic) bond motifs is 1. The highest BCUT2D eigenvalue weighted by atomic mass is 35.5. The molecule has 0 atom stereocenters. The Bertz CT molecular complexity index is 1040. The van der Waals surface area contributed by atoms with E-state index in [1.54, 1.807) is 27.7 Å². The third-order valence-electron chi connectivity index (χ3n) is 4.34. The molecule has 0 saturated heterocycles. The van der Waals surface area contributed by atoms with Crippen LogP contribution >= 0.6 is 23.4 Å². The molecule has 3 rings (SSSR count). The number of hydrogen-bond donors (Lipinski definition) is 0. The number of anilines is 1. The summed E-state index contributed by atoms with van der Waals surface area (Å²) >= 11 is 7.35. The fraction of sp³-hybridized carbons (Fsp3) is 0.286. The lowest BCUT2D eigenvalue weighted by atomic mass is 10.2. The first-order chi connectivity index (χ1) is 13.5. The van der Waals surface area contributed by atoms with Crippen LogP contribution in [-0.4, -0.2) is 27.8 Å². The zero-order valence-electron chi connectivity index (χ0n) is 15.9. The smallest absolute Gasteiger partial charge is 0.262 e. The predicted octanol–water partition coefficient (Wildman–Crippen LogP) is 4.61. The summed E-state index contributed by atoms with van der Waals surface area (Å²) in [4.78, 5) is 32.0. The minimum atomic E-state index is -0.103. The lowest BCUT2D eigenvalue weighted by molar-refractivity contribution is -0.116. The van der Waals surface area contributed by atoms with E-state index in [-0.39, 0.29) is 17.2 Å². The standard InChI is InChI=1S/C21H22ClN3O2S/c1-3-12-25-20(27)17-11-10-15(22)13-18(17)23-21(25)28-14-19(26)24(4-2)16-8-6-5-7-9-16/h5-11,13H,3-4,12,14H2,1-2H3. The van der Waals surface area contributed by atoms with E-state index >= 15 is 0 Å². The van der Waals surface area contributed by atoms with Crippen LogP contribution in [0.15, 0.2) is 58.5 Å². The number of hydrogen-bond acceptors (Lipinski definition) is 4. The van der Waals surface area contributed by atoms with Gasteiger partial charge in [0, 0.05) is 23.8 Å². The molecule has 0 bridgehead atoms. The highest BCUT2D eigenvalue weighted by Gasteiger charge is 2.17. The van der Waals surface area contributed by atoms with Gasteiger partial charge in [0.25, 0.3) is 5.56 Å². The van der Waals surface area contributed by atoms with E-state index in [1.165, 1.54) is 11.8 Å². The SMILES string of the molecule is CCCn1c(SCC(=O)N(CC)c2ccccc2)nc2cc(Cl)ccc2c1=O. The molecule has 0 aliphatic rings. The van der Waals surface area contributed by atoms with Crippen molar-refractivity contribution in [2.45, 2.75) is 32.0 Å². The topological polar surface area (TPSA) is 55.2 Å². The number of amides is 1. The van der Waals surface area contributed by atoms with Crippen molar-refractivity contribution < 1.29 is 4.79 Å². The van der Waals surface area contributed by atoms with Gasteiger partial charge >= 0.3 is 0 Å². The van der Waals surface area contributed by atoms with E-state index in [0.29, 0.717) is 34.2 Å². The molecule has 0 saturated carbocycles. The van der Waals surface area contributed by atoms with Crippen molar-refractivity contribution in [3.8, 4) is 0 Å². The monoisotopic (exact) mass is 415 g/mol. The molecule has 0 radical (unpaired) electrons. The Morgan fingerprint density at radius 2 is 1.93 bits per heavy atom. The summed E-state index contributed by atoms with van der Waals surface area (Å²) in [5.41, 5.74) is 1.31. The number of carbonyl (C=O) groups excluding carboxylic acids is 1. The van der Waals surface area contributed by atoms with Crippen LogP contribution in [-0.2, 0) is 11.3 Å². The molecule has 2 aromatic carbocycles. The molecule has 0 aliphatic heterocycles. The summed E-state index contributed by atoms with van der Waals surface area (Å²) in [6, 6.07) is 14.6. The molecule has 5 nitrogen and oxygen atoms in total. The van der Waals surface area contributed by atoms with Gasteiger partial charge in [-0.3, -0.25) is 14.2 Å². The van der Waals surface area contributed by atoms with E-state index in [2.05, 4.69) is 4.98 Å². The van der Waals surface area contributed by atoms with E-state index in [1.807, 2.05) is 44.2 Å². The Morgan fingerprint density at radius 3 is 2.61 bits per heavy atom. The van der Waals surface area contributed by atoms with Crippen molar-refractivity contribution in [3.63, 3.8) is 0 Å². The molecule has 1 amide bonds. The summed E-state index contributed by atoms with van der Waals surface area (Å²) in [5, 5.41) is 1.60. The zero-order chi connectivity index (χ0) is 20.1. The summed E-state index contributed by atoms with van der Waals surface area (Å²) in [5.74, 6) is 0.174. The minimum Gasteiger partial charge on any atom is -0.312 e. The Labute approximate surface area is 173 Å². The first-order valence-corrected chi connectivity index (χ1v) is 10.6. The van der Waals surface area contributed by atoms with Gasteiger partial charge in [-0.05, 0) is 43.7 Å². The van der Waals surface area contributed by atoms with Crippen molar-refractivity contribution in [2.24, 2.45) is 0 Å². The van der Waals surface area contributed by atoms with Gasteiger partial charge in [0.1, 0.15) is 0 Å². The predicted molar refractivity (Wildman–Crippen MR) is 116 cm³/mol. The van der Waals surface area contributed by atoms with Crippen LogP contribution in [0.2, 0.25) is 5.02 Å². The number of carbonyl (C=O) groups is 1. The fourth-order valence-corrected chi connectivity index (χ4v) is 4.09. The number of aromatic nitrogens is 2. The van der Waals surface area contributed by atoms with Gasteiger partial charge in [0.05, 0.1) is 16.7 Å². The molecule has 3 aromatic rings. The molecule has 0 unspecified atom stereocenters.